The van der Waals surface area contributed by atoms with Gasteiger partial charge < -0.3 is 10.4 Å². The van der Waals surface area contributed by atoms with E-state index in [4.69, 9.17) is 5.11 Å². The molecule has 0 saturated carbocycles. The van der Waals surface area contributed by atoms with Crippen LogP contribution in [0.3, 0.4) is 0 Å². The molecular formula is C15H17N5O. The van der Waals surface area contributed by atoms with Crippen molar-refractivity contribution in [2.75, 3.05) is 18.5 Å². The minimum absolute atomic E-state index is 0.161. The van der Waals surface area contributed by atoms with Gasteiger partial charge in [-0.15, -0.1) is 0 Å². The molecule has 0 fully saturated rings. The number of aliphatic hydroxyl groups is 1. The van der Waals surface area contributed by atoms with E-state index in [1.54, 1.807) is 6.20 Å². The van der Waals surface area contributed by atoms with Crippen molar-refractivity contribution in [2.45, 2.75) is 13.0 Å². The number of anilines is 1. The third-order valence-electron chi connectivity index (χ3n) is 3.24. The zero-order valence-electron chi connectivity index (χ0n) is 11.6. The van der Waals surface area contributed by atoms with E-state index in [2.05, 4.69) is 32.5 Å². The lowest BCUT2D eigenvalue weighted by molar-refractivity contribution is 0.292. The molecule has 0 aliphatic carbocycles. The summed E-state index contributed by atoms with van der Waals surface area (Å²) in [6.07, 6.45) is 4.00. The Morgan fingerprint density at radius 3 is 2.81 bits per heavy atom. The van der Waals surface area contributed by atoms with Crippen LogP contribution in [0.5, 0.6) is 0 Å². The highest BCUT2D eigenvalue weighted by molar-refractivity contribution is 5.86. The Labute approximate surface area is 122 Å². The van der Waals surface area contributed by atoms with Gasteiger partial charge in [-0.3, -0.25) is 0 Å². The van der Waals surface area contributed by atoms with Crippen molar-refractivity contribution in [3.63, 3.8) is 0 Å². The van der Waals surface area contributed by atoms with E-state index in [1.165, 1.54) is 11.9 Å². The molecule has 0 radical (unpaired) electrons. The molecule has 6 nitrogen and oxygen atoms in total. The third kappa shape index (κ3) is 3.00. The molecule has 3 rings (SSSR count). The van der Waals surface area contributed by atoms with E-state index in [-0.39, 0.29) is 6.61 Å². The highest BCUT2D eigenvalue weighted by Gasteiger charge is 2.09. The third-order valence-corrected chi connectivity index (χ3v) is 3.24. The lowest BCUT2D eigenvalue weighted by Gasteiger charge is -2.06. The number of benzene rings is 1. The van der Waals surface area contributed by atoms with E-state index in [1.807, 2.05) is 22.9 Å². The molecule has 2 aromatic heterocycles. The van der Waals surface area contributed by atoms with Gasteiger partial charge in [-0.05, 0) is 12.0 Å². The van der Waals surface area contributed by atoms with Gasteiger partial charge in [0.2, 0.25) is 0 Å². The van der Waals surface area contributed by atoms with Crippen molar-refractivity contribution in [2.24, 2.45) is 0 Å². The molecule has 0 amide bonds. The maximum atomic E-state index is 8.84. The van der Waals surface area contributed by atoms with E-state index >= 15 is 0 Å². The summed E-state index contributed by atoms with van der Waals surface area (Å²) in [6, 6.07) is 10.1. The number of rotatable bonds is 6. The summed E-state index contributed by atoms with van der Waals surface area (Å²) in [6.45, 7) is 1.51. The van der Waals surface area contributed by atoms with Crippen LogP contribution in [0, 0.1) is 0 Å². The Bertz CT molecular complexity index is 710. The summed E-state index contributed by atoms with van der Waals surface area (Å²) in [7, 11) is 0. The van der Waals surface area contributed by atoms with Crippen molar-refractivity contribution in [3.05, 3.63) is 48.4 Å². The van der Waals surface area contributed by atoms with Crippen LogP contribution < -0.4 is 5.32 Å². The lowest BCUT2D eigenvalue weighted by atomic mass is 10.2. The maximum absolute atomic E-state index is 8.84. The summed E-state index contributed by atoms with van der Waals surface area (Å²) < 4.78 is 1.86. The highest BCUT2D eigenvalue weighted by Crippen LogP contribution is 2.19. The molecule has 108 valence electrons. The number of hydrogen-bond acceptors (Lipinski definition) is 5. The number of aromatic nitrogens is 4. The van der Waals surface area contributed by atoms with Gasteiger partial charge >= 0.3 is 0 Å². The second-order valence-electron chi connectivity index (χ2n) is 4.75. The van der Waals surface area contributed by atoms with Crippen LogP contribution >= 0.6 is 0 Å². The molecule has 0 unspecified atom stereocenters. The van der Waals surface area contributed by atoms with Gasteiger partial charge in [0.1, 0.15) is 12.1 Å². The van der Waals surface area contributed by atoms with Gasteiger partial charge in [-0.2, -0.15) is 5.10 Å². The van der Waals surface area contributed by atoms with Crippen molar-refractivity contribution in [3.8, 4) is 0 Å². The average Bonchev–Trinajstić information content (AvgIpc) is 2.93. The molecule has 1 aromatic carbocycles. The molecule has 0 atom stereocenters. The second kappa shape index (κ2) is 6.32. The molecule has 6 heteroatoms. The van der Waals surface area contributed by atoms with Gasteiger partial charge in [-0.1, -0.05) is 30.3 Å². The summed E-state index contributed by atoms with van der Waals surface area (Å²) >= 11 is 0. The number of nitrogens with one attached hydrogen (secondary N) is 1. The summed E-state index contributed by atoms with van der Waals surface area (Å²) in [4.78, 5) is 8.57. The quantitative estimate of drug-likeness (QED) is 0.673. The Morgan fingerprint density at radius 1 is 1.14 bits per heavy atom. The van der Waals surface area contributed by atoms with Crippen LogP contribution in [0.2, 0.25) is 0 Å². The molecule has 0 spiro atoms. The highest BCUT2D eigenvalue weighted by atomic mass is 16.3. The molecule has 0 aliphatic rings. The first-order valence-electron chi connectivity index (χ1n) is 6.93. The first-order valence-corrected chi connectivity index (χ1v) is 6.93. The molecule has 0 bridgehead atoms. The van der Waals surface area contributed by atoms with Crippen molar-refractivity contribution in [1.82, 2.24) is 19.7 Å². The van der Waals surface area contributed by atoms with E-state index < -0.39 is 0 Å². The van der Waals surface area contributed by atoms with Crippen molar-refractivity contribution in [1.29, 1.82) is 0 Å². The van der Waals surface area contributed by atoms with Gasteiger partial charge in [0, 0.05) is 13.2 Å². The molecule has 2 heterocycles. The van der Waals surface area contributed by atoms with Gasteiger partial charge in [0.25, 0.3) is 0 Å². The predicted octanol–water partition coefficient (Wildman–Crippen LogP) is 1.67. The molecule has 0 aliphatic heterocycles. The number of fused-ring (bicyclic) bond motifs is 1. The molecule has 0 saturated heterocycles. The van der Waals surface area contributed by atoms with Crippen molar-refractivity contribution < 1.29 is 5.11 Å². The van der Waals surface area contributed by atoms with Gasteiger partial charge in [0.05, 0.1) is 18.1 Å². The zero-order valence-corrected chi connectivity index (χ0v) is 11.6. The Kier molecular flexibility index (Phi) is 4.07. The Hall–Kier alpha value is -2.47. The summed E-state index contributed by atoms with van der Waals surface area (Å²) in [5.41, 5.74) is 1.98. The fraction of sp³-hybridized carbons (Fsp3) is 0.267. The topological polar surface area (TPSA) is 75.9 Å². The lowest BCUT2D eigenvalue weighted by Crippen LogP contribution is -2.06. The van der Waals surface area contributed by atoms with Crippen LogP contribution in [-0.2, 0) is 6.54 Å². The molecule has 21 heavy (non-hydrogen) atoms. The molecule has 3 aromatic rings. The average molecular weight is 283 g/mol. The van der Waals surface area contributed by atoms with Gasteiger partial charge in [0.15, 0.2) is 5.65 Å². The number of nitrogens with zero attached hydrogens (tertiary/aromatic N) is 4. The monoisotopic (exact) mass is 283 g/mol. The van der Waals surface area contributed by atoms with E-state index in [0.29, 0.717) is 19.5 Å². The summed E-state index contributed by atoms with van der Waals surface area (Å²) in [5, 5.41) is 17.3. The standard InChI is InChI=1S/C15H17N5O/c21-8-4-7-16-14-13-9-19-20(15(13)18-11-17-14)10-12-5-2-1-3-6-12/h1-3,5-6,9,11,21H,4,7-8,10H2,(H,16,17,18). The van der Waals surface area contributed by atoms with E-state index in [0.717, 1.165) is 16.9 Å². The Balaban J connectivity index is 1.86. The predicted molar refractivity (Wildman–Crippen MR) is 81.1 cm³/mol. The largest absolute Gasteiger partial charge is 0.396 e. The van der Waals surface area contributed by atoms with Crippen LogP contribution in [0.1, 0.15) is 12.0 Å². The van der Waals surface area contributed by atoms with Gasteiger partial charge in [-0.25, -0.2) is 14.6 Å². The fourth-order valence-corrected chi connectivity index (χ4v) is 2.19. The van der Waals surface area contributed by atoms with Crippen molar-refractivity contribution >= 4 is 16.9 Å². The van der Waals surface area contributed by atoms with E-state index in [9.17, 15) is 0 Å². The minimum Gasteiger partial charge on any atom is -0.396 e. The number of aliphatic hydroxyl groups excluding tert-OH is 1. The minimum atomic E-state index is 0.161. The fourth-order valence-electron chi connectivity index (χ4n) is 2.19. The first kappa shape index (κ1) is 13.5. The second-order valence-corrected chi connectivity index (χ2v) is 4.75. The number of hydrogen-bond donors (Lipinski definition) is 2. The van der Waals surface area contributed by atoms with Crippen LogP contribution in [-0.4, -0.2) is 38.0 Å². The Morgan fingerprint density at radius 2 is 2.00 bits per heavy atom. The SMILES string of the molecule is OCCCNc1ncnc2c1cnn2Cc1ccccc1. The van der Waals surface area contributed by atoms with Crippen LogP contribution in [0.25, 0.3) is 11.0 Å². The maximum Gasteiger partial charge on any atom is 0.163 e. The summed E-state index contributed by atoms with van der Waals surface area (Å²) in [5.74, 6) is 0.757. The first-order chi connectivity index (χ1) is 10.4. The molecular weight excluding hydrogens is 266 g/mol. The molecule has 2 N–H and O–H groups in total. The zero-order chi connectivity index (χ0) is 14.5. The van der Waals surface area contributed by atoms with Crippen LogP contribution in [0.4, 0.5) is 5.82 Å². The van der Waals surface area contributed by atoms with Crippen LogP contribution in [0.15, 0.2) is 42.9 Å². The smallest absolute Gasteiger partial charge is 0.163 e. The normalized spacial score (nSPS) is 10.9.